The van der Waals surface area contributed by atoms with Gasteiger partial charge < -0.3 is 15.3 Å². The van der Waals surface area contributed by atoms with Crippen molar-refractivity contribution in [2.45, 2.75) is 13.8 Å². The van der Waals surface area contributed by atoms with Crippen LogP contribution in [0.25, 0.3) is 0 Å². The van der Waals surface area contributed by atoms with E-state index in [1.54, 1.807) is 12.1 Å². The predicted octanol–water partition coefficient (Wildman–Crippen LogP) is 0.973. The molecule has 4 nitrogen and oxygen atoms in total. The van der Waals surface area contributed by atoms with Crippen molar-refractivity contribution in [2.75, 3.05) is 13.2 Å². The molecule has 3 N–H and O–H groups in total. The first-order valence-corrected chi connectivity index (χ1v) is 4.55. The molecule has 0 heterocycles. The van der Waals surface area contributed by atoms with Gasteiger partial charge in [-0.25, -0.2) is 4.79 Å². The summed E-state index contributed by atoms with van der Waals surface area (Å²) in [5, 5.41) is 23.9. The zero-order valence-electron chi connectivity index (χ0n) is 8.90. The second kappa shape index (κ2) is 6.98. The number of carboxylic acid groups (broad SMARTS) is 1. The lowest BCUT2D eigenvalue weighted by atomic mass is 10.0. The van der Waals surface area contributed by atoms with Crippen LogP contribution in [0, 0.1) is 13.8 Å². The summed E-state index contributed by atoms with van der Waals surface area (Å²) in [5.41, 5.74) is 2.26. The van der Waals surface area contributed by atoms with Crippen molar-refractivity contribution in [1.82, 2.24) is 0 Å². The molecule has 15 heavy (non-hydrogen) atoms. The molecule has 0 fully saturated rings. The molecule has 0 bridgehead atoms. The Morgan fingerprint density at radius 1 is 1.20 bits per heavy atom. The average molecular weight is 212 g/mol. The Bertz CT molecular complexity index is 318. The first-order chi connectivity index (χ1) is 7.04. The summed E-state index contributed by atoms with van der Waals surface area (Å²) in [5.74, 6) is -0.855. The number of hydrogen-bond donors (Lipinski definition) is 3. The van der Waals surface area contributed by atoms with Gasteiger partial charge in [-0.3, -0.25) is 0 Å². The maximum Gasteiger partial charge on any atom is 0.335 e. The minimum Gasteiger partial charge on any atom is -0.478 e. The van der Waals surface area contributed by atoms with Gasteiger partial charge in [-0.15, -0.1) is 0 Å². The highest BCUT2D eigenvalue weighted by molar-refractivity contribution is 5.89. The summed E-state index contributed by atoms with van der Waals surface area (Å²) in [6.07, 6.45) is 0. The van der Waals surface area contributed by atoms with Crippen molar-refractivity contribution in [3.8, 4) is 0 Å². The van der Waals surface area contributed by atoms with Crippen LogP contribution >= 0.6 is 0 Å². The van der Waals surface area contributed by atoms with Crippen LogP contribution in [0.3, 0.4) is 0 Å². The number of hydrogen-bond acceptors (Lipinski definition) is 3. The molecule has 1 aromatic rings. The monoisotopic (exact) mass is 212 g/mol. The Balaban J connectivity index is 0.000000423. The predicted molar refractivity (Wildman–Crippen MR) is 57.0 cm³/mol. The minimum absolute atomic E-state index is 0.125. The molecule has 4 heteroatoms. The normalized spacial score (nSPS) is 9.07. The van der Waals surface area contributed by atoms with Gasteiger partial charge in [0.2, 0.25) is 0 Å². The average Bonchev–Trinajstić information content (AvgIpc) is 2.22. The molecule has 0 atom stereocenters. The Kier molecular flexibility index (Phi) is 6.33. The number of aromatic carboxylic acids is 1. The molecule has 0 spiro atoms. The van der Waals surface area contributed by atoms with Gasteiger partial charge in [0.1, 0.15) is 0 Å². The third kappa shape index (κ3) is 4.58. The highest BCUT2D eigenvalue weighted by Crippen LogP contribution is 2.11. The van der Waals surface area contributed by atoms with Crippen LogP contribution < -0.4 is 0 Å². The topological polar surface area (TPSA) is 77.8 Å². The minimum atomic E-state index is -0.855. The van der Waals surface area contributed by atoms with Gasteiger partial charge in [0.25, 0.3) is 0 Å². The van der Waals surface area contributed by atoms with Crippen LogP contribution in [0.1, 0.15) is 21.5 Å². The highest BCUT2D eigenvalue weighted by Gasteiger charge is 2.06. The second-order valence-corrected chi connectivity index (χ2v) is 3.00. The van der Waals surface area contributed by atoms with E-state index in [0.29, 0.717) is 5.56 Å². The van der Waals surface area contributed by atoms with E-state index in [9.17, 15) is 4.79 Å². The van der Waals surface area contributed by atoms with Crippen LogP contribution in [0.4, 0.5) is 0 Å². The number of rotatable bonds is 2. The SMILES string of the molecule is Cc1cccc(C(=O)O)c1C.OCCO. The fraction of sp³-hybridized carbons (Fsp3) is 0.364. The molecular weight excluding hydrogens is 196 g/mol. The second-order valence-electron chi connectivity index (χ2n) is 3.00. The van der Waals surface area contributed by atoms with Crippen molar-refractivity contribution in [1.29, 1.82) is 0 Å². The number of carboxylic acids is 1. The number of aliphatic hydroxyl groups excluding tert-OH is 2. The summed E-state index contributed by atoms with van der Waals surface area (Å²) < 4.78 is 0. The van der Waals surface area contributed by atoms with Gasteiger partial charge in [0.05, 0.1) is 18.8 Å². The smallest absolute Gasteiger partial charge is 0.335 e. The number of aliphatic hydroxyl groups is 2. The largest absolute Gasteiger partial charge is 0.478 e. The van der Waals surface area contributed by atoms with Gasteiger partial charge in [-0.2, -0.15) is 0 Å². The molecule has 0 amide bonds. The molecule has 0 aliphatic heterocycles. The van der Waals surface area contributed by atoms with Crippen LogP contribution in [0.5, 0.6) is 0 Å². The maximum absolute atomic E-state index is 10.6. The van der Waals surface area contributed by atoms with E-state index in [1.807, 2.05) is 19.9 Å². The molecule has 0 aliphatic carbocycles. The van der Waals surface area contributed by atoms with Crippen molar-refractivity contribution in [3.63, 3.8) is 0 Å². The molecule has 0 aliphatic rings. The lowest BCUT2D eigenvalue weighted by molar-refractivity contribution is 0.0696. The summed E-state index contributed by atoms with van der Waals surface area (Å²) >= 11 is 0. The summed E-state index contributed by atoms with van der Waals surface area (Å²) in [6, 6.07) is 5.28. The number of benzene rings is 1. The molecule has 0 aromatic heterocycles. The molecule has 0 radical (unpaired) electrons. The van der Waals surface area contributed by atoms with Crippen LogP contribution in [-0.2, 0) is 0 Å². The Morgan fingerprint density at radius 2 is 1.73 bits per heavy atom. The molecule has 84 valence electrons. The van der Waals surface area contributed by atoms with Gasteiger partial charge in [-0.05, 0) is 31.0 Å². The Labute approximate surface area is 88.8 Å². The highest BCUT2D eigenvalue weighted by atomic mass is 16.4. The summed E-state index contributed by atoms with van der Waals surface area (Å²) in [7, 11) is 0. The quantitative estimate of drug-likeness (QED) is 0.682. The molecule has 0 saturated carbocycles. The number of carbonyl (C=O) groups is 1. The Morgan fingerprint density at radius 3 is 2.07 bits per heavy atom. The van der Waals surface area contributed by atoms with Gasteiger partial charge in [-0.1, -0.05) is 12.1 Å². The summed E-state index contributed by atoms with van der Waals surface area (Å²) in [6.45, 7) is 3.47. The van der Waals surface area contributed by atoms with Crippen LogP contribution in [0.2, 0.25) is 0 Å². The van der Waals surface area contributed by atoms with E-state index in [1.165, 1.54) is 0 Å². The molecule has 1 aromatic carbocycles. The molecule has 0 unspecified atom stereocenters. The van der Waals surface area contributed by atoms with Crippen LogP contribution in [-0.4, -0.2) is 34.5 Å². The first kappa shape index (κ1) is 13.6. The number of aryl methyl sites for hydroxylation is 1. The van der Waals surface area contributed by atoms with E-state index in [-0.39, 0.29) is 13.2 Å². The first-order valence-electron chi connectivity index (χ1n) is 4.55. The standard InChI is InChI=1S/C9H10O2.C2H6O2/c1-6-4-3-5-8(7(6)2)9(10)11;3-1-2-4/h3-5H,1-2H3,(H,10,11);3-4H,1-2H2. The fourth-order valence-corrected chi connectivity index (χ4v) is 0.983. The fourth-order valence-electron chi connectivity index (χ4n) is 0.983. The lowest BCUT2D eigenvalue weighted by Gasteiger charge is -2.02. The van der Waals surface area contributed by atoms with Crippen molar-refractivity contribution in [2.24, 2.45) is 0 Å². The molecule has 1 rings (SSSR count). The maximum atomic E-state index is 10.6. The Hall–Kier alpha value is -1.39. The van der Waals surface area contributed by atoms with E-state index >= 15 is 0 Å². The molecule has 0 saturated heterocycles. The third-order valence-corrected chi connectivity index (χ3v) is 1.94. The zero-order chi connectivity index (χ0) is 11.8. The van der Waals surface area contributed by atoms with Gasteiger partial charge in [0, 0.05) is 0 Å². The van der Waals surface area contributed by atoms with E-state index in [4.69, 9.17) is 15.3 Å². The lowest BCUT2D eigenvalue weighted by Crippen LogP contribution is -2.00. The zero-order valence-corrected chi connectivity index (χ0v) is 8.90. The van der Waals surface area contributed by atoms with E-state index in [2.05, 4.69) is 0 Å². The van der Waals surface area contributed by atoms with Gasteiger partial charge >= 0.3 is 5.97 Å². The molecular formula is C11H16O4. The van der Waals surface area contributed by atoms with Crippen molar-refractivity contribution < 1.29 is 20.1 Å². The van der Waals surface area contributed by atoms with Crippen LogP contribution in [0.15, 0.2) is 18.2 Å². The van der Waals surface area contributed by atoms with Gasteiger partial charge in [0.15, 0.2) is 0 Å². The van der Waals surface area contributed by atoms with E-state index < -0.39 is 5.97 Å². The third-order valence-electron chi connectivity index (χ3n) is 1.94. The van der Waals surface area contributed by atoms with E-state index in [0.717, 1.165) is 11.1 Å². The summed E-state index contributed by atoms with van der Waals surface area (Å²) in [4.78, 5) is 10.6. The van der Waals surface area contributed by atoms with Crippen molar-refractivity contribution >= 4 is 5.97 Å². The van der Waals surface area contributed by atoms with Crippen molar-refractivity contribution in [3.05, 3.63) is 34.9 Å².